The lowest BCUT2D eigenvalue weighted by Crippen LogP contribution is -2.29. The van der Waals surface area contributed by atoms with Gasteiger partial charge in [-0.15, -0.1) is 0 Å². The van der Waals surface area contributed by atoms with Gasteiger partial charge >= 0.3 is 5.97 Å². The van der Waals surface area contributed by atoms with Crippen LogP contribution < -0.4 is 14.2 Å². The summed E-state index contributed by atoms with van der Waals surface area (Å²) < 4.78 is 16.8. The molecule has 4 rings (SSSR count). The molecule has 0 aliphatic carbocycles. The molecule has 5 heteroatoms. The van der Waals surface area contributed by atoms with Crippen LogP contribution in [0.15, 0.2) is 6.07 Å². The van der Waals surface area contributed by atoms with Crippen LogP contribution in [0, 0.1) is 6.92 Å². The number of methoxy groups -OCH3 is 1. The summed E-state index contributed by atoms with van der Waals surface area (Å²) in [7, 11) is 1.53. The van der Waals surface area contributed by atoms with Crippen molar-refractivity contribution in [2.24, 2.45) is 0 Å². The van der Waals surface area contributed by atoms with Gasteiger partial charge < -0.3 is 19.3 Å². The average Bonchev–Trinajstić information content (AvgIpc) is 2.93. The van der Waals surface area contributed by atoms with Gasteiger partial charge in [0.2, 0.25) is 0 Å². The lowest BCUT2D eigenvalue weighted by atomic mass is 9.79. The number of aromatic hydroxyl groups is 1. The predicted molar refractivity (Wildman–Crippen MR) is 85.0 cm³/mol. The minimum absolute atomic E-state index is 0.0433. The van der Waals surface area contributed by atoms with E-state index in [1.165, 1.54) is 7.11 Å². The van der Waals surface area contributed by atoms with Gasteiger partial charge in [0.25, 0.3) is 0 Å². The van der Waals surface area contributed by atoms with E-state index in [1.54, 1.807) is 0 Å². The summed E-state index contributed by atoms with van der Waals surface area (Å²) in [6, 6.07) is 1.83. The van der Waals surface area contributed by atoms with Crippen molar-refractivity contribution >= 4 is 16.7 Å². The number of phenols is 1. The van der Waals surface area contributed by atoms with Crippen LogP contribution in [0.5, 0.6) is 23.0 Å². The molecule has 0 aromatic heterocycles. The Labute approximate surface area is 133 Å². The largest absolute Gasteiger partial charge is 0.507 e. The number of hydrogen-bond acceptors (Lipinski definition) is 5. The first-order valence-corrected chi connectivity index (χ1v) is 7.58. The van der Waals surface area contributed by atoms with Gasteiger partial charge in [-0.05, 0) is 25.5 Å². The Morgan fingerprint density at radius 3 is 2.61 bits per heavy atom. The van der Waals surface area contributed by atoms with E-state index >= 15 is 0 Å². The number of fused-ring (bicyclic) bond motifs is 2. The lowest BCUT2D eigenvalue weighted by Gasteiger charge is -2.23. The summed E-state index contributed by atoms with van der Waals surface area (Å²) in [5.41, 5.74) is 1.40. The first kappa shape index (κ1) is 14.2. The fraction of sp³-hybridized carbons (Fsp3) is 0.389. The van der Waals surface area contributed by atoms with Crippen molar-refractivity contribution < 1.29 is 24.1 Å². The Morgan fingerprint density at radius 1 is 1.26 bits per heavy atom. The zero-order chi connectivity index (χ0) is 16.7. The van der Waals surface area contributed by atoms with Gasteiger partial charge in [0.1, 0.15) is 23.2 Å². The maximum atomic E-state index is 12.4. The third-order valence-corrected chi connectivity index (χ3v) is 5.19. The van der Waals surface area contributed by atoms with Crippen molar-refractivity contribution in [1.29, 1.82) is 0 Å². The maximum absolute atomic E-state index is 12.4. The summed E-state index contributed by atoms with van der Waals surface area (Å²) in [6.07, 6.45) is -0.109. The number of rotatable bonds is 1. The van der Waals surface area contributed by atoms with Crippen molar-refractivity contribution in [2.75, 3.05) is 7.11 Å². The van der Waals surface area contributed by atoms with E-state index in [4.69, 9.17) is 14.2 Å². The molecule has 1 N–H and O–H groups in total. The minimum Gasteiger partial charge on any atom is -0.507 e. The second kappa shape index (κ2) is 4.10. The van der Waals surface area contributed by atoms with E-state index < -0.39 is 11.4 Å². The highest BCUT2D eigenvalue weighted by Crippen LogP contribution is 2.58. The average molecular weight is 314 g/mol. The molecule has 5 nitrogen and oxygen atoms in total. The number of hydrogen-bond donors (Lipinski definition) is 1. The fourth-order valence-corrected chi connectivity index (χ4v) is 3.61. The van der Waals surface area contributed by atoms with E-state index in [9.17, 15) is 9.90 Å². The van der Waals surface area contributed by atoms with Crippen molar-refractivity contribution in [3.05, 3.63) is 22.8 Å². The van der Waals surface area contributed by atoms with Gasteiger partial charge in [0, 0.05) is 16.4 Å². The van der Waals surface area contributed by atoms with E-state index in [1.807, 2.05) is 33.8 Å². The highest BCUT2D eigenvalue weighted by atomic mass is 16.6. The van der Waals surface area contributed by atoms with Gasteiger partial charge in [-0.3, -0.25) is 0 Å². The molecule has 0 saturated heterocycles. The van der Waals surface area contributed by atoms with E-state index in [2.05, 4.69) is 0 Å². The summed E-state index contributed by atoms with van der Waals surface area (Å²) in [4.78, 5) is 12.4. The van der Waals surface area contributed by atoms with E-state index in [0.29, 0.717) is 28.2 Å². The Hall–Kier alpha value is -2.43. The van der Waals surface area contributed by atoms with E-state index in [-0.39, 0.29) is 17.4 Å². The Morgan fingerprint density at radius 2 is 1.96 bits per heavy atom. The molecule has 0 bridgehead atoms. The summed E-state index contributed by atoms with van der Waals surface area (Å²) in [5.74, 6) is 0.875. The number of benzene rings is 2. The first-order valence-electron chi connectivity index (χ1n) is 7.58. The standard InChI is InChI=1S/C18H18O5/c1-7-6-9(21-5)15-11-10(7)16-13(18(3,4)8(2)22-16)14(19)12(11)17(20)23-15/h6,8,19H,1-5H3. The van der Waals surface area contributed by atoms with Crippen LogP contribution >= 0.6 is 0 Å². The van der Waals surface area contributed by atoms with E-state index in [0.717, 1.165) is 10.9 Å². The second-order valence-electron chi connectivity index (χ2n) is 6.77. The van der Waals surface area contributed by atoms with Crippen LogP contribution in [0.25, 0.3) is 10.8 Å². The summed E-state index contributed by atoms with van der Waals surface area (Å²) in [5, 5.41) is 12.2. The lowest BCUT2D eigenvalue weighted by molar-refractivity contribution is 0.0747. The number of aryl methyl sites for hydroxylation is 1. The molecule has 0 fully saturated rings. The monoisotopic (exact) mass is 314 g/mol. The molecule has 2 aromatic rings. The smallest absolute Gasteiger partial charge is 0.348 e. The first-order chi connectivity index (χ1) is 10.8. The quantitative estimate of drug-likeness (QED) is 0.645. The van der Waals surface area contributed by atoms with Crippen molar-refractivity contribution in [3.63, 3.8) is 0 Å². The fourth-order valence-electron chi connectivity index (χ4n) is 3.61. The predicted octanol–water partition coefficient (Wildman–Crippen LogP) is 3.45. The number of carbonyl (C=O) groups excluding carboxylic acids is 1. The Bertz CT molecular complexity index is 895. The molecule has 2 aliphatic heterocycles. The molecule has 23 heavy (non-hydrogen) atoms. The van der Waals surface area contributed by atoms with Gasteiger partial charge in [0.15, 0.2) is 11.5 Å². The number of phenolic OH excluding ortho intramolecular Hbond substituents is 1. The highest BCUT2D eigenvalue weighted by Gasteiger charge is 2.46. The second-order valence-corrected chi connectivity index (χ2v) is 6.77. The molecule has 0 saturated carbocycles. The van der Waals surface area contributed by atoms with Crippen LogP contribution in [0.3, 0.4) is 0 Å². The molecule has 2 aromatic carbocycles. The molecule has 0 spiro atoms. The third kappa shape index (κ3) is 1.49. The number of esters is 1. The van der Waals surface area contributed by atoms with Crippen LogP contribution in [0.4, 0.5) is 0 Å². The maximum Gasteiger partial charge on any atom is 0.348 e. The number of carbonyl (C=O) groups is 1. The summed E-state index contributed by atoms with van der Waals surface area (Å²) in [6.45, 7) is 7.91. The van der Waals surface area contributed by atoms with Crippen LogP contribution in [0.2, 0.25) is 0 Å². The molecule has 2 heterocycles. The van der Waals surface area contributed by atoms with Crippen molar-refractivity contribution in [3.8, 4) is 23.0 Å². The van der Waals surface area contributed by atoms with Gasteiger partial charge in [-0.1, -0.05) is 13.8 Å². The van der Waals surface area contributed by atoms with Crippen molar-refractivity contribution in [2.45, 2.75) is 39.2 Å². The highest BCUT2D eigenvalue weighted by molar-refractivity contribution is 6.19. The van der Waals surface area contributed by atoms with Gasteiger partial charge in [0.05, 0.1) is 12.5 Å². The molecular formula is C18H18O5. The molecule has 1 atom stereocenters. The third-order valence-electron chi connectivity index (χ3n) is 5.19. The molecule has 1 unspecified atom stereocenters. The van der Waals surface area contributed by atoms with Gasteiger partial charge in [-0.25, -0.2) is 4.79 Å². The molecular weight excluding hydrogens is 296 g/mol. The molecule has 120 valence electrons. The zero-order valence-corrected chi connectivity index (χ0v) is 13.7. The van der Waals surface area contributed by atoms with Crippen LogP contribution in [0.1, 0.15) is 42.3 Å². The topological polar surface area (TPSA) is 65.0 Å². The zero-order valence-electron chi connectivity index (χ0n) is 13.7. The van der Waals surface area contributed by atoms with Crippen molar-refractivity contribution in [1.82, 2.24) is 0 Å². The molecule has 0 amide bonds. The molecule has 0 radical (unpaired) electrons. The Balaban J connectivity index is 2.26. The van der Waals surface area contributed by atoms with Crippen LogP contribution in [-0.4, -0.2) is 24.3 Å². The van der Waals surface area contributed by atoms with Gasteiger partial charge in [-0.2, -0.15) is 0 Å². The normalized spacial score (nSPS) is 20.4. The molecule has 2 aliphatic rings. The number of ether oxygens (including phenoxy) is 3. The Kier molecular flexibility index (Phi) is 2.53. The summed E-state index contributed by atoms with van der Waals surface area (Å²) >= 11 is 0. The van der Waals surface area contributed by atoms with Crippen LogP contribution in [-0.2, 0) is 5.41 Å². The SMILES string of the molecule is COc1cc(C)c2c3c(c(O)c4c2c1OC4=O)C(C)(C)C(C)O3. The minimum atomic E-state index is -0.551.